The molecule has 78 valence electrons. The summed E-state index contributed by atoms with van der Waals surface area (Å²) in [5, 5.41) is 6.28. The SMILES string of the molecule is CC(=C1CC(=O)NC1=O)c1ccnn1C. The van der Waals surface area contributed by atoms with Gasteiger partial charge in [0.25, 0.3) is 5.91 Å². The maximum atomic E-state index is 11.4. The molecule has 2 heterocycles. The number of imide groups is 1. The summed E-state index contributed by atoms with van der Waals surface area (Å²) in [6.07, 6.45) is 1.82. The second-order valence-corrected chi connectivity index (χ2v) is 3.50. The summed E-state index contributed by atoms with van der Waals surface area (Å²) in [4.78, 5) is 22.4. The van der Waals surface area contributed by atoms with Crippen LogP contribution < -0.4 is 5.32 Å². The summed E-state index contributed by atoms with van der Waals surface area (Å²) in [5.41, 5.74) is 2.19. The van der Waals surface area contributed by atoms with Crippen LogP contribution in [0.3, 0.4) is 0 Å². The zero-order valence-corrected chi connectivity index (χ0v) is 8.57. The quantitative estimate of drug-likeness (QED) is 0.527. The third-order valence-electron chi connectivity index (χ3n) is 2.52. The molecule has 1 aromatic heterocycles. The summed E-state index contributed by atoms with van der Waals surface area (Å²) in [6.45, 7) is 1.82. The number of allylic oxidation sites excluding steroid dienone is 1. The number of hydrogen-bond donors (Lipinski definition) is 1. The van der Waals surface area contributed by atoms with Crippen molar-refractivity contribution in [2.75, 3.05) is 0 Å². The van der Waals surface area contributed by atoms with Crippen LogP contribution in [0.2, 0.25) is 0 Å². The average molecular weight is 205 g/mol. The third-order valence-corrected chi connectivity index (χ3v) is 2.52. The molecule has 0 bridgehead atoms. The summed E-state index contributed by atoms with van der Waals surface area (Å²) in [6, 6.07) is 1.82. The number of nitrogens with zero attached hydrogens (tertiary/aromatic N) is 2. The fourth-order valence-corrected chi connectivity index (χ4v) is 1.69. The predicted molar refractivity (Wildman–Crippen MR) is 53.6 cm³/mol. The molecule has 0 unspecified atom stereocenters. The van der Waals surface area contributed by atoms with Gasteiger partial charge in [-0.1, -0.05) is 0 Å². The number of rotatable bonds is 1. The summed E-state index contributed by atoms with van der Waals surface area (Å²) >= 11 is 0. The van der Waals surface area contributed by atoms with Crippen LogP contribution in [0.1, 0.15) is 19.0 Å². The van der Waals surface area contributed by atoms with E-state index in [1.54, 1.807) is 17.9 Å². The lowest BCUT2D eigenvalue weighted by atomic mass is 10.1. The molecule has 5 nitrogen and oxygen atoms in total. The Morgan fingerprint density at radius 2 is 2.27 bits per heavy atom. The van der Waals surface area contributed by atoms with Gasteiger partial charge in [0.05, 0.1) is 12.1 Å². The lowest BCUT2D eigenvalue weighted by Crippen LogP contribution is -2.19. The Morgan fingerprint density at radius 1 is 1.53 bits per heavy atom. The Bertz CT molecular complexity index is 471. The number of aryl methyl sites for hydroxylation is 1. The van der Waals surface area contributed by atoms with E-state index >= 15 is 0 Å². The zero-order valence-electron chi connectivity index (χ0n) is 8.57. The van der Waals surface area contributed by atoms with Gasteiger partial charge in [0.15, 0.2) is 0 Å². The van der Waals surface area contributed by atoms with Gasteiger partial charge in [0.2, 0.25) is 5.91 Å². The first-order valence-corrected chi connectivity index (χ1v) is 4.62. The lowest BCUT2D eigenvalue weighted by molar-refractivity contribution is -0.124. The van der Waals surface area contributed by atoms with Crippen LogP contribution >= 0.6 is 0 Å². The first kappa shape index (κ1) is 9.64. The van der Waals surface area contributed by atoms with Gasteiger partial charge in [-0.15, -0.1) is 0 Å². The molecule has 0 aromatic carbocycles. The molecule has 1 aliphatic heterocycles. The van der Waals surface area contributed by atoms with Crippen molar-refractivity contribution in [3.8, 4) is 0 Å². The molecule has 0 saturated carbocycles. The van der Waals surface area contributed by atoms with Crippen molar-refractivity contribution in [1.29, 1.82) is 0 Å². The van der Waals surface area contributed by atoms with Crippen LogP contribution in [0.15, 0.2) is 17.8 Å². The van der Waals surface area contributed by atoms with Crippen molar-refractivity contribution in [3.63, 3.8) is 0 Å². The van der Waals surface area contributed by atoms with Gasteiger partial charge in [-0.2, -0.15) is 5.10 Å². The standard InChI is InChI=1S/C10H11N3O2/c1-6(8-3-4-11-13(8)2)7-5-9(14)12-10(7)15/h3-4H,5H2,1-2H3,(H,12,14,15). The Labute approximate surface area is 86.8 Å². The minimum absolute atomic E-state index is 0.163. The Balaban J connectivity index is 2.46. The minimum atomic E-state index is -0.293. The highest BCUT2D eigenvalue weighted by Crippen LogP contribution is 2.22. The van der Waals surface area contributed by atoms with Crippen molar-refractivity contribution in [2.45, 2.75) is 13.3 Å². The fourth-order valence-electron chi connectivity index (χ4n) is 1.69. The number of carbonyl (C=O) groups excluding carboxylic acids is 2. The summed E-state index contributed by atoms with van der Waals surface area (Å²) in [7, 11) is 1.80. The van der Waals surface area contributed by atoms with Crippen molar-refractivity contribution in [1.82, 2.24) is 15.1 Å². The summed E-state index contributed by atoms with van der Waals surface area (Å²) in [5.74, 6) is -0.532. The first-order chi connectivity index (χ1) is 7.09. The van der Waals surface area contributed by atoms with Crippen molar-refractivity contribution < 1.29 is 9.59 Å². The topological polar surface area (TPSA) is 64.0 Å². The molecular formula is C10H11N3O2. The van der Waals surface area contributed by atoms with Gasteiger partial charge in [-0.3, -0.25) is 19.6 Å². The molecule has 2 rings (SSSR count). The van der Waals surface area contributed by atoms with E-state index in [-0.39, 0.29) is 18.2 Å². The molecule has 1 N–H and O–H groups in total. The van der Waals surface area contributed by atoms with Gasteiger partial charge >= 0.3 is 0 Å². The van der Waals surface area contributed by atoms with Crippen LogP contribution in [-0.4, -0.2) is 21.6 Å². The highest BCUT2D eigenvalue weighted by Gasteiger charge is 2.26. The van der Waals surface area contributed by atoms with Crippen molar-refractivity contribution in [3.05, 3.63) is 23.5 Å². The Morgan fingerprint density at radius 3 is 2.73 bits per heavy atom. The summed E-state index contributed by atoms with van der Waals surface area (Å²) < 4.78 is 1.68. The van der Waals surface area contributed by atoms with E-state index in [0.29, 0.717) is 5.57 Å². The molecule has 1 aliphatic rings. The van der Waals surface area contributed by atoms with Crippen LogP contribution in [0, 0.1) is 0 Å². The molecule has 0 aliphatic carbocycles. The molecular weight excluding hydrogens is 194 g/mol. The van der Waals surface area contributed by atoms with E-state index in [2.05, 4.69) is 10.4 Å². The molecule has 0 spiro atoms. The van der Waals surface area contributed by atoms with E-state index in [0.717, 1.165) is 11.3 Å². The third kappa shape index (κ3) is 1.56. The highest BCUT2D eigenvalue weighted by molar-refractivity contribution is 6.16. The van der Waals surface area contributed by atoms with Crippen LogP contribution in [0.25, 0.3) is 5.57 Å². The second kappa shape index (κ2) is 3.34. The number of carbonyl (C=O) groups is 2. The van der Waals surface area contributed by atoms with Gasteiger partial charge < -0.3 is 0 Å². The number of aromatic nitrogens is 2. The normalized spacial score (nSPS) is 19.3. The first-order valence-electron chi connectivity index (χ1n) is 4.62. The Kier molecular flexibility index (Phi) is 2.15. The van der Waals surface area contributed by atoms with Crippen molar-refractivity contribution in [2.24, 2.45) is 7.05 Å². The lowest BCUT2D eigenvalue weighted by Gasteiger charge is -2.03. The molecule has 1 fully saturated rings. The monoisotopic (exact) mass is 205 g/mol. The molecule has 5 heteroatoms. The minimum Gasteiger partial charge on any atom is -0.292 e. The van der Waals surface area contributed by atoms with E-state index in [9.17, 15) is 9.59 Å². The number of amides is 2. The molecule has 1 aromatic rings. The van der Waals surface area contributed by atoms with Gasteiger partial charge in [0, 0.05) is 18.8 Å². The maximum Gasteiger partial charge on any atom is 0.254 e. The van der Waals surface area contributed by atoms with E-state index in [1.807, 2.05) is 13.0 Å². The van der Waals surface area contributed by atoms with Gasteiger partial charge in [-0.05, 0) is 18.6 Å². The largest absolute Gasteiger partial charge is 0.292 e. The maximum absolute atomic E-state index is 11.4. The average Bonchev–Trinajstić information content (AvgIpc) is 2.71. The van der Waals surface area contributed by atoms with Crippen LogP contribution in [0.5, 0.6) is 0 Å². The van der Waals surface area contributed by atoms with Crippen LogP contribution in [0.4, 0.5) is 0 Å². The highest BCUT2D eigenvalue weighted by atomic mass is 16.2. The fraction of sp³-hybridized carbons (Fsp3) is 0.300. The van der Waals surface area contributed by atoms with E-state index in [1.165, 1.54) is 0 Å². The van der Waals surface area contributed by atoms with Gasteiger partial charge in [-0.25, -0.2) is 0 Å². The molecule has 0 radical (unpaired) electrons. The molecule has 1 saturated heterocycles. The van der Waals surface area contributed by atoms with Crippen molar-refractivity contribution >= 4 is 17.4 Å². The number of hydrogen-bond acceptors (Lipinski definition) is 3. The van der Waals surface area contributed by atoms with E-state index < -0.39 is 0 Å². The smallest absolute Gasteiger partial charge is 0.254 e. The Hall–Kier alpha value is -1.91. The second-order valence-electron chi connectivity index (χ2n) is 3.50. The molecule has 0 atom stereocenters. The predicted octanol–water partition coefficient (Wildman–Crippen LogP) is 0.240. The van der Waals surface area contributed by atoms with E-state index in [4.69, 9.17) is 0 Å². The van der Waals surface area contributed by atoms with Crippen LogP contribution in [-0.2, 0) is 16.6 Å². The number of nitrogens with one attached hydrogen (secondary N) is 1. The zero-order chi connectivity index (χ0) is 11.0. The molecule has 2 amide bonds. The molecule has 15 heavy (non-hydrogen) atoms. The van der Waals surface area contributed by atoms with Gasteiger partial charge in [0.1, 0.15) is 0 Å².